The molecule has 0 heterocycles. The third kappa shape index (κ3) is 6.80. The Balaban J connectivity index is 2.00. The highest BCUT2D eigenvalue weighted by atomic mass is 19.4. The maximum Gasteiger partial charge on any atom is 0.416 e. The fourth-order valence-corrected chi connectivity index (χ4v) is 2.95. The molecule has 0 aliphatic carbocycles. The van der Waals surface area contributed by atoms with Crippen LogP contribution in [-0.4, -0.2) is 18.3 Å². The first kappa shape index (κ1) is 25.4. The van der Waals surface area contributed by atoms with E-state index in [2.05, 4.69) is 10.6 Å². The van der Waals surface area contributed by atoms with Crippen LogP contribution in [0, 0.1) is 5.82 Å². The van der Waals surface area contributed by atoms with Crippen LogP contribution in [0.1, 0.15) is 43.7 Å². The summed E-state index contributed by atoms with van der Waals surface area (Å²) in [6, 6.07) is 6.78. The van der Waals surface area contributed by atoms with Gasteiger partial charge in [0.2, 0.25) is 6.17 Å². The van der Waals surface area contributed by atoms with Gasteiger partial charge in [-0.2, -0.15) is 13.2 Å². The predicted octanol–water partition coefficient (Wildman–Crippen LogP) is 6.23. The van der Waals surface area contributed by atoms with Crippen LogP contribution in [0.3, 0.4) is 0 Å². The molecule has 0 unspecified atom stereocenters. The molecule has 0 aliphatic heterocycles. The van der Waals surface area contributed by atoms with E-state index in [1.165, 1.54) is 24.3 Å². The molecular formula is C22H25F6N3O. The summed E-state index contributed by atoms with van der Waals surface area (Å²) < 4.78 is 80.2. The van der Waals surface area contributed by atoms with Crippen molar-refractivity contribution in [2.75, 3.05) is 16.4 Å². The molecule has 176 valence electrons. The molecule has 0 aliphatic rings. The molecule has 2 aromatic rings. The largest absolute Gasteiger partial charge is 0.416 e. The number of nitrogens with two attached hydrogens (primary N) is 1. The van der Waals surface area contributed by atoms with Crippen molar-refractivity contribution in [1.82, 2.24) is 0 Å². The summed E-state index contributed by atoms with van der Waals surface area (Å²) in [5.41, 5.74) is 4.57. The third-order valence-electron chi connectivity index (χ3n) is 4.85. The van der Waals surface area contributed by atoms with Crippen molar-refractivity contribution in [2.45, 2.75) is 57.7 Å². The Hall–Kier alpha value is -2.91. The van der Waals surface area contributed by atoms with E-state index in [9.17, 15) is 31.1 Å². The van der Waals surface area contributed by atoms with Gasteiger partial charge in [0, 0.05) is 6.54 Å². The second-order valence-corrected chi connectivity index (χ2v) is 7.34. The maximum atomic E-state index is 14.5. The van der Waals surface area contributed by atoms with Gasteiger partial charge in [0.05, 0.1) is 22.6 Å². The normalized spacial score (nSPS) is 13.5. The SMILES string of the molecule is CCCCC[C@@H](F)[C@@H](F)C(=O)Nc1ccc(NCc2ccc(C(F)(F)F)cc2)c(F)c1N. The summed E-state index contributed by atoms with van der Waals surface area (Å²) in [6.07, 6.45) is -6.95. The molecule has 32 heavy (non-hydrogen) atoms. The first-order chi connectivity index (χ1) is 15.0. The lowest BCUT2D eigenvalue weighted by molar-refractivity contribution is -0.137. The van der Waals surface area contributed by atoms with E-state index >= 15 is 0 Å². The molecule has 1 amide bonds. The van der Waals surface area contributed by atoms with E-state index in [4.69, 9.17) is 5.73 Å². The minimum absolute atomic E-state index is 0.00798. The summed E-state index contributed by atoms with van der Waals surface area (Å²) >= 11 is 0. The molecule has 0 saturated carbocycles. The van der Waals surface area contributed by atoms with Crippen molar-refractivity contribution in [1.29, 1.82) is 0 Å². The minimum atomic E-state index is -4.46. The smallest absolute Gasteiger partial charge is 0.395 e. The Morgan fingerprint density at radius 3 is 2.25 bits per heavy atom. The number of amides is 1. The van der Waals surface area contributed by atoms with Crippen LogP contribution in [0.5, 0.6) is 0 Å². The van der Waals surface area contributed by atoms with Crippen molar-refractivity contribution in [3.8, 4) is 0 Å². The molecule has 0 aromatic heterocycles. The standard InChI is InChI=1S/C22H25F6N3O/c1-2-3-4-5-15(23)18(24)21(32)31-17-11-10-16(19(25)20(17)29)30-12-13-6-8-14(9-7-13)22(26,27)28/h6-11,15,18,30H,2-5,12,29H2,1H3,(H,31,32)/t15-,18-/m1/s1. The van der Waals surface area contributed by atoms with E-state index in [1.807, 2.05) is 6.92 Å². The summed E-state index contributed by atoms with van der Waals surface area (Å²) in [4.78, 5) is 11.9. The highest BCUT2D eigenvalue weighted by Gasteiger charge is 2.30. The van der Waals surface area contributed by atoms with E-state index in [0.717, 1.165) is 18.6 Å². The van der Waals surface area contributed by atoms with Gasteiger partial charge in [0.15, 0.2) is 5.82 Å². The Bertz CT molecular complexity index is 902. The summed E-state index contributed by atoms with van der Waals surface area (Å²) in [5.74, 6) is -2.20. The van der Waals surface area contributed by atoms with Crippen LogP contribution < -0.4 is 16.4 Å². The van der Waals surface area contributed by atoms with Crippen molar-refractivity contribution < 1.29 is 31.1 Å². The highest BCUT2D eigenvalue weighted by molar-refractivity contribution is 5.97. The molecule has 0 radical (unpaired) electrons. The molecule has 2 rings (SSSR count). The zero-order chi connectivity index (χ0) is 23.9. The van der Waals surface area contributed by atoms with Gasteiger partial charge in [-0.3, -0.25) is 4.79 Å². The third-order valence-corrected chi connectivity index (χ3v) is 4.85. The fraction of sp³-hybridized carbons (Fsp3) is 0.409. The van der Waals surface area contributed by atoms with E-state index in [-0.39, 0.29) is 24.3 Å². The number of benzene rings is 2. The van der Waals surface area contributed by atoms with Gasteiger partial charge < -0.3 is 16.4 Å². The zero-order valence-electron chi connectivity index (χ0n) is 17.4. The number of unbranched alkanes of at least 4 members (excludes halogenated alkanes) is 2. The van der Waals surface area contributed by atoms with Crippen molar-refractivity contribution in [3.63, 3.8) is 0 Å². The topological polar surface area (TPSA) is 67.2 Å². The molecular weight excluding hydrogens is 436 g/mol. The minimum Gasteiger partial charge on any atom is -0.395 e. The van der Waals surface area contributed by atoms with Crippen LogP contribution in [0.4, 0.5) is 43.4 Å². The van der Waals surface area contributed by atoms with Gasteiger partial charge in [-0.1, -0.05) is 38.3 Å². The number of anilines is 3. The van der Waals surface area contributed by atoms with E-state index in [0.29, 0.717) is 18.4 Å². The Labute approximate surface area is 182 Å². The number of nitrogens with one attached hydrogen (secondary N) is 2. The molecule has 0 bridgehead atoms. The summed E-state index contributed by atoms with van der Waals surface area (Å²) in [7, 11) is 0. The van der Waals surface area contributed by atoms with Crippen molar-refractivity contribution in [3.05, 3.63) is 53.3 Å². The van der Waals surface area contributed by atoms with Crippen molar-refractivity contribution >= 4 is 23.0 Å². The Morgan fingerprint density at radius 1 is 1.03 bits per heavy atom. The van der Waals surface area contributed by atoms with Crippen molar-refractivity contribution in [2.24, 2.45) is 0 Å². The molecule has 2 aromatic carbocycles. The van der Waals surface area contributed by atoms with Crippen LogP contribution >= 0.6 is 0 Å². The molecule has 4 N–H and O–H groups in total. The number of alkyl halides is 5. The number of carbonyl (C=O) groups is 1. The lowest BCUT2D eigenvalue weighted by Crippen LogP contribution is -2.32. The number of nitrogen functional groups attached to an aromatic ring is 1. The molecule has 0 spiro atoms. The quantitative estimate of drug-likeness (QED) is 0.223. The monoisotopic (exact) mass is 461 g/mol. The van der Waals surface area contributed by atoms with Crippen LogP contribution in [0.25, 0.3) is 0 Å². The first-order valence-electron chi connectivity index (χ1n) is 10.1. The average Bonchev–Trinajstić information content (AvgIpc) is 2.75. The van der Waals surface area contributed by atoms with E-state index < -0.39 is 41.5 Å². The number of rotatable bonds is 10. The van der Waals surface area contributed by atoms with Gasteiger partial charge in [-0.15, -0.1) is 0 Å². The molecule has 2 atom stereocenters. The number of hydrogen-bond donors (Lipinski definition) is 3. The summed E-state index contributed by atoms with van der Waals surface area (Å²) in [6.45, 7) is 1.92. The van der Waals surface area contributed by atoms with Crippen LogP contribution in [-0.2, 0) is 17.5 Å². The molecule has 0 saturated heterocycles. The van der Waals surface area contributed by atoms with E-state index in [1.54, 1.807) is 0 Å². The van der Waals surface area contributed by atoms with Gasteiger partial charge in [-0.05, 0) is 36.2 Å². The van der Waals surface area contributed by atoms with Gasteiger partial charge in [0.1, 0.15) is 6.17 Å². The lowest BCUT2D eigenvalue weighted by Gasteiger charge is -2.16. The maximum absolute atomic E-state index is 14.5. The number of carbonyl (C=O) groups excluding carboxylic acids is 1. The fourth-order valence-electron chi connectivity index (χ4n) is 2.95. The predicted molar refractivity (Wildman–Crippen MR) is 112 cm³/mol. The van der Waals surface area contributed by atoms with Gasteiger partial charge in [-0.25, -0.2) is 13.2 Å². The summed E-state index contributed by atoms with van der Waals surface area (Å²) in [5, 5.41) is 4.79. The average molecular weight is 461 g/mol. The molecule has 10 heteroatoms. The highest BCUT2D eigenvalue weighted by Crippen LogP contribution is 2.31. The Morgan fingerprint density at radius 2 is 1.66 bits per heavy atom. The Kier molecular flexibility index (Phi) is 8.80. The van der Waals surface area contributed by atoms with Crippen LogP contribution in [0.15, 0.2) is 36.4 Å². The second kappa shape index (κ2) is 11.1. The lowest BCUT2D eigenvalue weighted by atomic mass is 10.1. The second-order valence-electron chi connectivity index (χ2n) is 7.34. The number of halogens is 6. The van der Waals surface area contributed by atoms with Gasteiger partial charge >= 0.3 is 6.18 Å². The zero-order valence-corrected chi connectivity index (χ0v) is 17.4. The molecule has 4 nitrogen and oxygen atoms in total. The van der Waals surface area contributed by atoms with Crippen LogP contribution in [0.2, 0.25) is 0 Å². The molecule has 0 fully saturated rings. The first-order valence-corrected chi connectivity index (χ1v) is 10.1. The number of hydrogen-bond acceptors (Lipinski definition) is 3. The van der Waals surface area contributed by atoms with Gasteiger partial charge in [0.25, 0.3) is 5.91 Å².